The van der Waals surface area contributed by atoms with Gasteiger partial charge in [0, 0.05) is 16.1 Å². The summed E-state index contributed by atoms with van der Waals surface area (Å²) in [5.41, 5.74) is -3.66. The molecular weight excluding hydrogens is 516 g/mol. The molecule has 0 radical (unpaired) electrons. The highest BCUT2D eigenvalue weighted by atomic mass is 35.5. The number of rotatable bonds is 6. The molecule has 0 unspecified atom stereocenters. The first kappa shape index (κ1) is 25.0. The Bertz CT molecular complexity index is 1150. The van der Waals surface area contributed by atoms with Gasteiger partial charge in [0.2, 0.25) is 5.13 Å². The Balaban J connectivity index is 1.70. The zero-order chi connectivity index (χ0) is 24.4. The zero-order valence-electron chi connectivity index (χ0n) is 15.9. The Labute approximate surface area is 195 Å². The molecule has 0 bridgehead atoms. The highest BCUT2D eigenvalue weighted by molar-refractivity contribution is 8.01. The molecule has 0 aliphatic heterocycles. The Morgan fingerprint density at radius 1 is 0.909 bits per heavy atom. The summed E-state index contributed by atoms with van der Waals surface area (Å²) in [6.07, 6.45) is -10.2. The lowest BCUT2D eigenvalue weighted by molar-refractivity contribution is -0.143. The molecule has 0 aliphatic rings. The van der Waals surface area contributed by atoms with Crippen molar-refractivity contribution in [1.29, 1.82) is 0 Å². The number of carbonyl (C=O) groups is 2. The van der Waals surface area contributed by atoms with Gasteiger partial charge in [0.1, 0.15) is 0 Å². The number of amides is 1. The van der Waals surface area contributed by atoms with Crippen LogP contribution in [0.15, 0.2) is 46.8 Å². The van der Waals surface area contributed by atoms with E-state index in [0.29, 0.717) is 22.7 Å². The van der Waals surface area contributed by atoms with E-state index in [0.717, 1.165) is 23.1 Å². The average molecular weight is 526 g/mol. The topological polar surface area (TPSA) is 72.0 Å². The molecule has 0 aliphatic carbocycles. The highest BCUT2D eigenvalue weighted by Gasteiger charge is 2.37. The van der Waals surface area contributed by atoms with E-state index >= 15 is 0 Å². The number of anilines is 1. The third-order valence-corrected chi connectivity index (χ3v) is 6.19. The normalized spacial score (nSPS) is 12.0. The third kappa shape index (κ3) is 6.68. The van der Waals surface area contributed by atoms with Gasteiger partial charge in [0.25, 0.3) is 5.91 Å². The summed E-state index contributed by atoms with van der Waals surface area (Å²) in [4.78, 5) is 24.4. The molecule has 0 atom stereocenters. The summed E-state index contributed by atoms with van der Waals surface area (Å²) in [7, 11) is 0. The monoisotopic (exact) mass is 525 g/mol. The first-order chi connectivity index (χ1) is 15.3. The van der Waals surface area contributed by atoms with Gasteiger partial charge in [-0.25, -0.2) is 0 Å². The summed E-state index contributed by atoms with van der Waals surface area (Å²) in [5.74, 6) is -1.48. The number of hydrogen-bond donors (Lipinski definition) is 1. The van der Waals surface area contributed by atoms with E-state index < -0.39 is 35.0 Å². The third-order valence-electron chi connectivity index (χ3n) is 3.97. The summed E-state index contributed by atoms with van der Waals surface area (Å²) < 4.78 is 78.1. The minimum Gasteiger partial charge on any atom is -0.296 e. The second-order valence-electron chi connectivity index (χ2n) is 6.34. The van der Waals surface area contributed by atoms with Crippen LogP contribution in [-0.2, 0) is 12.4 Å². The van der Waals surface area contributed by atoms with Gasteiger partial charge in [-0.3, -0.25) is 14.9 Å². The molecular formula is C19H10ClF6N3O2S2. The van der Waals surface area contributed by atoms with Crippen LogP contribution in [0.3, 0.4) is 0 Å². The molecule has 3 aromatic rings. The predicted molar refractivity (Wildman–Crippen MR) is 111 cm³/mol. The molecule has 1 aromatic heterocycles. The lowest BCUT2D eigenvalue weighted by atomic mass is 10.0. The maximum absolute atomic E-state index is 13.0. The van der Waals surface area contributed by atoms with E-state index in [1.165, 1.54) is 0 Å². The van der Waals surface area contributed by atoms with Crippen LogP contribution in [0.2, 0.25) is 5.02 Å². The minimum atomic E-state index is -5.08. The van der Waals surface area contributed by atoms with Gasteiger partial charge in [-0.1, -0.05) is 34.7 Å². The van der Waals surface area contributed by atoms with Crippen LogP contribution in [-0.4, -0.2) is 27.6 Å². The van der Waals surface area contributed by atoms with E-state index in [4.69, 9.17) is 11.6 Å². The first-order valence-corrected chi connectivity index (χ1v) is 10.9. The molecule has 0 spiro atoms. The second-order valence-corrected chi connectivity index (χ2v) is 8.98. The van der Waals surface area contributed by atoms with Crippen LogP contribution in [0.4, 0.5) is 31.5 Å². The Kier molecular flexibility index (Phi) is 7.34. The van der Waals surface area contributed by atoms with E-state index in [1.807, 2.05) is 0 Å². The van der Waals surface area contributed by atoms with E-state index in [9.17, 15) is 35.9 Å². The van der Waals surface area contributed by atoms with E-state index in [-0.39, 0.29) is 27.1 Å². The molecule has 1 amide bonds. The highest BCUT2D eigenvalue weighted by Crippen LogP contribution is 2.36. The fraction of sp³-hybridized carbons (Fsp3) is 0.158. The molecule has 0 saturated carbocycles. The summed E-state index contributed by atoms with van der Waals surface area (Å²) in [6.45, 7) is 0. The van der Waals surface area contributed by atoms with Crippen LogP contribution in [0.5, 0.6) is 0 Å². The van der Waals surface area contributed by atoms with Crippen molar-refractivity contribution >= 4 is 51.5 Å². The van der Waals surface area contributed by atoms with Crippen molar-refractivity contribution < 1.29 is 35.9 Å². The molecule has 174 valence electrons. The van der Waals surface area contributed by atoms with Crippen molar-refractivity contribution in [3.05, 3.63) is 69.7 Å². The van der Waals surface area contributed by atoms with Crippen LogP contribution >= 0.6 is 34.7 Å². The zero-order valence-corrected chi connectivity index (χ0v) is 18.3. The SMILES string of the molecule is O=C(CSc1nnc(NC(=O)c2cc(C(F)(F)F)cc(C(F)(F)F)c2)s1)c1ccc(Cl)cc1. The number of carbonyl (C=O) groups excluding carboxylic acids is 2. The van der Waals surface area contributed by atoms with Gasteiger partial charge >= 0.3 is 12.4 Å². The van der Waals surface area contributed by atoms with Crippen molar-refractivity contribution in [1.82, 2.24) is 10.2 Å². The Morgan fingerprint density at radius 2 is 1.48 bits per heavy atom. The van der Waals surface area contributed by atoms with Gasteiger partial charge in [0.15, 0.2) is 10.1 Å². The molecule has 14 heteroatoms. The first-order valence-electron chi connectivity index (χ1n) is 8.69. The quantitative estimate of drug-likeness (QED) is 0.173. The van der Waals surface area contributed by atoms with E-state index in [2.05, 4.69) is 15.5 Å². The lowest BCUT2D eigenvalue weighted by Gasteiger charge is -2.13. The van der Waals surface area contributed by atoms with Gasteiger partial charge in [-0.2, -0.15) is 26.3 Å². The average Bonchev–Trinajstić information content (AvgIpc) is 3.18. The molecule has 1 heterocycles. The predicted octanol–water partition coefficient (Wildman–Crippen LogP) is 6.46. The largest absolute Gasteiger partial charge is 0.416 e. The number of nitrogens with zero attached hydrogens (tertiary/aromatic N) is 2. The Hall–Kier alpha value is -2.64. The van der Waals surface area contributed by atoms with Crippen molar-refractivity contribution in [2.45, 2.75) is 16.7 Å². The van der Waals surface area contributed by atoms with E-state index in [1.54, 1.807) is 24.3 Å². The van der Waals surface area contributed by atoms with Gasteiger partial charge in [-0.05, 0) is 42.5 Å². The second kappa shape index (κ2) is 9.69. The number of halogens is 7. The lowest BCUT2D eigenvalue weighted by Crippen LogP contribution is -2.17. The molecule has 0 saturated heterocycles. The smallest absolute Gasteiger partial charge is 0.296 e. The molecule has 5 nitrogen and oxygen atoms in total. The van der Waals surface area contributed by atoms with Crippen molar-refractivity contribution in [2.24, 2.45) is 0 Å². The maximum atomic E-state index is 13.0. The van der Waals surface area contributed by atoms with Crippen LogP contribution in [0, 0.1) is 0 Å². The standard InChI is InChI=1S/C19H10ClF6N3O2S2/c20-13-3-1-9(2-4-13)14(30)8-32-17-29-28-16(33-17)27-15(31)10-5-11(18(21,22)23)7-12(6-10)19(24,25)26/h1-7H,8H2,(H,27,28,31). The number of Topliss-reactive ketones (excluding diaryl/α,β-unsaturated/α-hetero) is 1. The number of ketones is 1. The molecule has 1 N–H and O–H groups in total. The number of nitrogens with one attached hydrogen (secondary N) is 1. The van der Waals surface area contributed by atoms with Crippen molar-refractivity contribution in [3.8, 4) is 0 Å². The molecule has 3 rings (SSSR count). The number of aromatic nitrogens is 2. The number of thioether (sulfide) groups is 1. The maximum Gasteiger partial charge on any atom is 0.416 e. The van der Waals surface area contributed by atoms with Crippen LogP contribution in [0.1, 0.15) is 31.8 Å². The van der Waals surface area contributed by atoms with Crippen LogP contribution < -0.4 is 5.32 Å². The van der Waals surface area contributed by atoms with Gasteiger partial charge < -0.3 is 0 Å². The minimum absolute atomic E-state index is 0.0210. The fourth-order valence-corrected chi connectivity index (χ4v) is 4.19. The number of hydrogen-bond acceptors (Lipinski definition) is 6. The molecule has 2 aromatic carbocycles. The Morgan fingerprint density at radius 3 is 2.03 bits per heavy atom. The van der Waals surface area contributed by atoms with Crippen molar-refractivity contribution in [3.63, 3.8) is 0 Å². The summed E-state index contributed by atoms with van der Waals surface area (Å²) in [6, 6.07) is 6.74. The molecule has 33 heavy (non-hydrogen) atoms. The fourth-order valence-electron chi connectivity index (χ4n) is 2.42. The molecule has 0 fully saturated rings. The number of alkyl halides is 6. The summed E-state index contributed by atoms with van der Waals surface area (Å²) >= 11 is 7.56. The van der Waals surface area contributed by atoms with Crippen LogP contribution in [0.25, 0.3) is 0 Å². The summed E-state index contributed by atoms with van der Waals surface area (Å²) in [5, 5.41) is 9.79. The van der Waals surface area contributed by atoms with Crippen molar-refractivity contribution in [2.75, 3.05) is 11.1 Å². The van der Waals surface area contributed by atoms with Gasteiger partial charge in [0.05, 0.1) is 16.9 Å². The van der Waals surface area contributed by atoms with Gasteiger partial charge in [-0.15, -0.1) is 10.2 Å². The number of benzene rings is 2.